The van der Waals surface area contributed by atoms with Crippen molar-refractivity contribution in [2.75, 3.05) is 5.32 Å². The van der Waals surface area contributed by atoms with E-state index in [1.807, 2.05) is 73.0 Å². The number of benzene rings is 2. The number of nitrogens with one attached hydrogen (secondary N) is 1. The maximum absolute atomic E-state index is 12.7. The average Bonchev–Trinajstić information content (AvgIpc) is 3.27. The number of imidazole rings is 1. The first-order valence-electron chi connectivity index (χ1n) is 8.48. The molecule has 2 aromatic carbocycles. The standard InChI is InChI=1S/C21H19N3O2/c1-14-7-5-9-16(15(14)2)22-20(25)13-24-18-10-4-3-8-17(18)23-21(24)19-11-6-12-26-19/h3-12H,13H2,1-2H3,(H,22,25). The van der Waals surface area contributed by atoms with Gasteiger partial charge < -0.3 is 14.3 Å². The van der Waals surface area contributed by atoms with Gasteiger partial charge in [-0.3, -0.25) is 4.79 Å². The zero-order valence-electron chi connectivity index (χ0n) is 14.7. The van der Waals surface area contributed by atoms with Crippen LogP contribution in [0.2, 0.25) is 0 Å². The molecule has 0 aliphatic heterocycles. The molecule has 2 heterocycles. The van der Waals surface area contributed by atoms with Gasteiger partial charge in [0.05, 0.1) is 17.3 Å². The summed E-state index contributed by atoms with van der Waals surface area (Å²) in [5.74, 6) is 1.18. The van der Waals surface area contributed by atoms with Crippen LogP contribution in [-0.4, -0.2) is 15.5 Å². The zero-order chi connectivity index (χ0) is 18.1. The van der Waals surface area contributed by atoms with Crippen LogP contribution >= 0.6 is 0 Å². The molecule has 4 rings (SSSR count). The van der Waals surface area contributed by atoms with E-state index < -0.39 is 0 Å². The van der Waals surface area contributed by atoms with Gasteiger partial charge in [0.25, 0.3) is 0 Å². The monoisotopic (exact) mass is 345 g/mol. The van der Waals surface area contributed by atoms with E-state index >= 15 is 0 Å². The topological polar surface area (TPSA) is 60.1 Å². The third-order valence-electron chi connectivity index (χ3n) is 4.58. The number of nitrogens with zero attached hydrogens (tertiary/aromatic N) is 2. The molecular formula is C21H19N3O2. The highest BCUT2D eigenvalue weighted by molar-refractivity contribution is 5.93. The Hall–Kier alpha value is -3.34. The van der Waals surface area contributed by atoms with E-state index in [1.54, 1.807) is 6.26 Å². The molecule has 0 radical (unpaired) electrons. The third-order valence-corrected chi connectivity index (χ3v) is 4.58. The van der Waals surface area contributed by atoms with Crippen LogP contribution in [0.4, 0.5) is 5.69 Å². The number of carbonyl (C=O) groups is 1. The fraction of sp³-hybridized carbons (Fsp3) is 0.143. The number of aryl methyl sites for hydroxylation is 1. The molecular weight excluding hydrogens is 326 g/mol. The number of anilines is 1. The molecule has 0 unspecified atom stereocenters. The fourth-order valence-corrected chi connectivity index (χ4v) is 3.05. The first-order chi connectivity index (χ1) is 12.6. The van der Waals surface area contributed by atoms with E-state index in [0.29, 0.717) is 11.6 Å². The number of amides is 1. The normalized spacial score (nSPS) is 11.0. The van der Waals surface area contributed by atoms with Crippen LogP contribution < -0.4 is 5.32 Å². The largest absolute Gasteiger partial charge is 0.461 e. The molecule has 26 heavy (non-hydrogen) atoms. The lowest BCUT2D eigenvalue weighted by Crippen LogP contribution is -2.20. The molecule has 4 aromatic rings. The minimum Gasteiger partial charge on any atom is -0.461 e. The number of fused-ring (bicyclic) bond motifs is 1. The summed E-state index contributed by atoms with van der Waals surface area (Å²) in [4.78, 5) is 17.4. The van der Waals surface area contributed by atoms with Gasteiger partial charge in [-0.05, 0) is 55.3 Å². The van der Waals surface area contributed by atoms with Crippen LogP contribution in [0.3, 0.4) is 0 Å². The Labute approximate surface area is 151 Å². The van der Waals surface area contributed by atoms with E-state index in [1.165, 1.54) is 0 Å². The van der Waals surface area contributed by atoms with Crippen LogP contribution in [0.15, 0.2) is 65.3 Å². The molecule has 1 N–H and O–H groups in total. The van der Waals surface area contributed by atoms with Crippen molar-refractivity contribution in [2.45, 2.75) is 20.4 Å². The Morgan fingerprint density at radius 3 is 2.73 bits per heavy atom. The number of aromatic nitrogens is 2. The lowest BCUT2D eigenvalue weighted by Gasteiger charge is -2.12. The van der Waals surface area contributed by atoms with Gasteiger partial charge in [-0.2, -0.15) is 0 Å². The highest BCUT2D eigenvalue weighted by Crippen LogP contribution is 2.25. The van der Waals surface area contributed by atoms with Crippen molar-refractivity contribution < 1.29 is 9.21 Å². The number of furan rings is 1. The van der Waals surface area contributed by atoms with Gasteiger partial charge in [0, 0.05) is 5.69 Å². The molecule has 5 heteroatoms. The molecule has 130 valence electrons. The first-order valence-corrected chi connectivity index (χ1v) is 8.48. The smallest absolute Gasteiger partial charge is 0.244 e. The molecule has 0 aliphatic rings. The van der Waals surface area contributed by atoms with E-state index in [2.05, 4.69) is 10.3 Å². The van der Waals surface area contributed by atoms with Crippen LogP contribution in [-0.2, 0) is 11.3 Å². The summed E-state index contributed by atoms with van der Waals surface area (Å²) in [6, 6.07) is 17.3. The van der Waals surface area contributed by atoms with Gasteiger partial charge in [0.1, 0.15) is 6.54 Å². The van der Waals surface area contributed by atoms with Crippen molar-refractivity contribution in [3.05, 3.63) is 72.0 Å². The third kappa shape index (κ3) is 2.88. The molecule has 0 spiro atoms. The lowest BCUT2D eigenvalue weighted by molar-refractivity contribution is -0.116. The minimum atomic E-state index is -0.102. The van der Waals surface area contributed by atoms with Crippen LogP contribution in [0.25, 0.3) is 22.6 Å². The van der Waals surface area contributed by atoms with Gasteiger partial charge in [-0.25, -0.2) is 4.98 Å². The molecule has 0 fully saturated rings. The lowest BCUT2D eigenvalue weighted by atomic mass is 10.1. The average molecular weight is 345 g/mol. The molecule has 1 amide bonds. The van der Waals surface area contributed by atoms with Gasteiger partial charge >= 0.3 is 0 Å². The first kappa shape index (κ1) is 16.1. The molecule has 0 bridgehead atoms. The van der Waals surface area contributed by atoms with Crippen LogP contribution in [0.1, 0.15) is 11.1 Å². The van der Waals surface area contributed by atoms with Gasteiger partial charge in [-0.15, -0.1) is 0 Å². The SMILES string of the molecule is Cc1cccc(NC(=O)Cn2c(-c3ccco3)nc3ccccc32)c1C. The van der Waals surface area contributed by atoms with Crippen molar-refractivity contribution in [1.29, 1.82) is 0 Å². The molecule has 0 saturated carbocycles. The quantitative estimate of drug-likeness (QED) is 0.590. The number of rotatable bonds is 4. The second-order valence-corrected chi connectivity index (χ2v) is 6.28. The van der Waals surface area contributed by atoms with E-state index in [9.17, 15) is 4.79 Å². The summed E-state index contributed by atoms with van der Waals surface area (Å²) in [5, 5.41) is 3.01. The van der Waals surface area contributed by atoms with Crippen molar-refractivity contribution in [2.24, 2.45) is 0 Å². The predicted molar refractivity (Wildman–Crippen MR) is 102 cm³/mol. The second-order valence-electron chi connectivity index (χ2n) is 6.28. The second kappa shape index (κ2) is 6.52. The maximum Gasteiger partial charge on any atom is 0.244 e. The Morgan fingerprint density at radius 1 is 1.08 bits per heavy atom. The predicted octanol–water partition coefficient (Wildman–Crippen LogP) is 4.55. The van der Waals surface area contributed by atoms with E-state index in [0.717, 1.165) is 27.8 Å². The summed E-state index contributed by atoms with van der Waals surface area (Å²) in [6.07, 6.45) is 1.61. The number of para-hydroxylation sites is 2. The van der Waals surface area contributed by atoms with Crippen molar-refractivity contribution >= 4 is 22.6 Å². The Kier molecular flexibility index (Phi) is 4.05. The fourth-order valence-electron chi connectivity index (χ4n) is 3.05. The van der Waals surface area contributed by atoms with Crippen LogP contribution in [0, 0.1) is 13.8 Å². The number of carbonyl (C=O) groups excluding carboxylic acids is 1. The molecule has 0 atom stereocenters. The van der Waals surface area contributed by atoms with Crippen molar-refractivity contribution in [3.8, 4) is 11.6 Å². The van der Waals surface area contributed by atoms with Crippen LogP contribution in [0.5, 0.6) is 0 Å². The summed E-state index contributed by atoms with van der Waals surface area (Å²) < 4.78 is 7.39. The molecule has 2 aromatic heterocycles. The summed E-state index contributed by atoms with van der Waals surface area (Å²) in [5.41, 5.74) is 4.78. The number of hydrogen-bond acceptors (Lipinski definition) is 3. The highest BCUT2D eigenvalue weighted by Gasteiger charge is 2.17. The molecule has 5 nitrogen and oxygen atoms in total. The Bertz CT molecular complexity index is 1080. The molecule has 0 saturated heterocycles. The summed E-state index contributed by atoms with van der Waals surface area (Å²) >= 11 is 0. The molecule has 0 aliphatic carbocycles. The highest BCUT2D eigenvalue weighted by atomic mass is 16.3. The van der Waals surface area contributed by atoms with Gasteiger partial charge in [-0.1, -0.05) is 24.3 Å². The minimum absolute atomic E-state index is 0.102. The zero-order valence-corrected chi connectivity index (χ0v) is 14.7. The van der Waals surface area contributed by atoms with Crippen molar-refractivity contribution in [3.63, 3.8) is 0 Å². The summed E-state index contributed by atoms with van der Waals surface area (Å²) in [7, 11) is 0. The van der Waals surface area contributed by atoms with E-state index in [-0.39, 0.29) is 12.5 Å². The summed E-state index contributed by atoms with van der Waals surface area (Å²) in [6.45, 7) is 4.19. The Morgan fingerprint density at radius 2 is 1.92 bits per heavy atom. The number of hydrogen-bond donors (Lipinski definition) is 1. The maximum atomic E-state index is 12.7. The van der Waals surface area contributed by atoms with Gasteiger partial charge in [0.2, 0.25) is 5.91 Å². The van der Waals surface area contributed by atoms with E-state index in [4.69, 9.17) is 4.42 Å². The Balaban J connectivity index is 1.69. The van der Waals surface area contributed by atoms with Gasteiger partial charge in [0.15, 0.2) is 11.6 Å². The van der Waals surface area contributed by atoms with Crippen molar-refractivity contribution in [1.82, 2.24) is 9.55 Å².